The highest BCUT2D eigenvalue weighted by atomic mass is 32.2. The van der Waals surface area contributed by atoms with E-state index in [2.05, 4.69) is 25.7 Å². The van der Waals surface area contributed by atoms with Crippen LogP contribution in [-0.2, 0) is 10.0 Å². The lowest BCUT2D eigenvalue weighted by molar-refractivity contribution is 0.0841. The fourth-order valence-electron chi connectivity index (χ4n) is 2.95. The summed E-state index contributed by atoms with van der Waals surface area (Å²) in [6.45, 7) is 0. The van der Waals surface area contributed by atoms with Crippen molar-refractivity contribution in [3.8, 4) is 17.1 Å². The predicted molar refractivity (Wildman–Crippen MR) is 125 cm³/mol. The Morgan fingerprint density at radius 1 is 0.943 bits per heavy atom. The van der Waals surface area contributed by atoms with E-state index in [1.54, 1.807) is 48.8 Å². The molecule has 11 nitrogen and oxygen atoms in total. The highest BCUT2D eigenvalue weighted by molar-refractivity contribution is 7.92. The molecule has 0 saturated heterocycles. The lowest BCUT2D eigenvalue weighted by atomic mass is 10.2. The largest absolute Gasteiger partial charge is 0.497 e. The SMILES string of the molecule is COc1ccc(NS(=O)(=O)c2cccc(C(=O)NNC(=O)c3cc(-c4cccnc4)on3)c2)cc1. The van der Waals surface area contributed by atoms with Gasteiger partial charge in [0, 0.05) is 35.3 Å². The van der Waals surface area contributed by atoms with Crippen molar-refractivity contribution in [3.63, 3.8) is 0 Å². The van der Waals surface area contributed by atoms with Gasteiger partial charge < -0.3 is 9.26 Å². The first kappa shape index (κ1) is 23.4. The zero-order valence-electron chi connectivity index (χ0n) is 18.3. The number of pyridine rings is 1. The van der Waals surface area contributed by atoms with Crippen molar-refractivity contribution in [2.45, 2.75) is 4.90 Å². The maximum Gasteiger partial charge on any atom is 0.291 e. The smallest absolute Gasteiger partial charge is 0.291 e. The van der Waals surface area contributed by atoms with E-state index < -0.39 is 21.8 Å². The van der Waals surface area contributed by atoms with Gasteiger partial charge in [-0.05, 0) is 54.6 Å². The molecule has 0 atom stereocenters. The summed E-state index contributed by atoms with van der Waals surface area (Å²) in [5.74, 6) is -0.539. The molecule has 0 bridgehead atoms. The van der Waals surface area contributed by atoms with Crippen molar-refractivity contribution in [1.82, 2.24) is 21.0 Å². The Morgan fingerprint density at radius 2 is 1.71 bits per heavy atom. The number of carbonyl (C=O) groups excluding carboxylic acids is 2. The first-order valence-electron chi connectivity index (χ1n) is 10.1. The quantitative estimate of drug-likeness (QED) is 0.332. The van der Waals surface area contributed by atoms with Crippen molar-refractivity contribution < 1.29 is 27.3 Å². The zero-order valence-corrected chi connectivity index (χ0v) is 19.1. The lowest BCUT2D eigenvalue weighted by Gasteiger charge is -2.10. The second kappa shape index (κ2) is 10.1. The summed E-state index contributed by atoms with van der Waals surface area (Å²) in [5.41, 5.74) is 5.34. The molecule has 35 heavy (non-hydrogen) atoms. The van der Waals surface area contributed by atoms with Gasteiger partial charge in [0.05, 0.1) is 12.0 Å². The molecule has 3 N–H and O–H groups in total. The van der Waals surface area contributed by atoms with Gasteiger partial charge in [-0.1, -0.05) is 11.2 Å². The van der Waals surface area contributed by atoms with Gasteiger partial charge in [0.2, 0.25) is 0 Å². The molecule has 178 valence electrons. The number of carbonyl (C=O) groups is 2. The summed E-state index contributed by atoms with van der Waals surface area (Å²) < 4.78 is 38.1. The summed E-state index contributed by atoms with van der Waals surface area (Å²) in [6, 6.07) is 16.5. The Kier molecular flexibility index (Phi) is 6.73. The minimum Gasteiger partial charge on any atom is -0.497 e. The first-order valence-corrected chi connectivity index (χ1v) is 11.6. The number of nitrogens with one attached hydrogen (secondary N) is 3. The monoisotopic (exact) mass is 493 g/mol. The minimum absolute atomic E-state index is 0.0131. The van der Waals surface area contributed by atoms with Crippen LogP contribution < -0.4 is 20.3 Å². The first-order chi connectivity index (χ1) is 16.9. The summed E-state index contributed by atoms with van der Waals surface area (Å²) in [6.07, 6.45) is 3.15. The summed E-state index contributed by atoms with van der Waals surface area (Å²) in [5, 5.41) is 3.68. The average molecular weight is 494 g/mol. The minimum atomic E-state index is -3.97. The molecule has 0 aliphatic carbocycles. The molecule has 2 aromatic carbocycles. The number of nitrogens with zero attached hydrogens (tertiary/aromatic N) is 2. The zero-order chi connectivity index (χ0) is 24.8. The van der Waals surface area contributed by atoms with Gasteiger partial charge in [0.25, 0.3) is 21.8 Å². The number of hydrogen-bond acceptors (Lipinski definition) is 8. The normalized spacial score (nSPS) is 10.9. The molecular formula is C23H19N5O6S. The third-order valence-electron chi connectivity index (χ3n) is 4.73. The maximum absolute atomic E-state index is 12.7. The number of methoxy groups -OCH3 is 1. The molecule has 0 saturated carbocycles. The summed E-state index contributed by atoms with van der Waals surface area (Å²) >= 11 is 0. The number of amides is 2. The van der Waals surface area contributed by atoms with Crippen LogP contribution in [0, 0.1) is 0 Å². The van der Waals surface area contributed by atoms with E-state index >= 15 is 0 Å². The van der Waals surface area contributed by atoms with Crippen molar-refractivity contribution in [3.05, 3.63) is 90.4 Å². The number of hydrazine groups is 1. The highest BCUT2D eigenvalue weighted by Crippen LogP contribution is 2.20. The van der Waals surface area contributed by atoms with Crippen LogP contribution in [0.25, 0.3) is 11.3 Å². The molecule has 4 rings (SSSR count). The molecule has 2 amide bonds. The van der Waals surface area contributed by atoms with Crippen LogP contribution in [0.1, 0.15) is 20.8 Å². The number of benzene rings is 2. The number of anilines is 1. The van der Waals surface area contributed by atoms with Crippen LogP contribution in [-0.4, -0.2) is 37.5 Å². The number of ether oxygens (including phenoxy) is 1. The molecule has 12 heteroatoms. The van der Waals surface area contributed by atoms with E-state index in [0.717, 1.165) is 0 Å². The van der Waals surface area contributed by atoms with Gasteiger partial charge in [0.15, 0.2) is 11.5 Å². The second-order valence-electron chi connectivity index (χ2n) is 7.09. The van der Waals surface area contributed by atoms with Crippen molar-refractivity contribution in [2.24, 2.45) is 0 Å². The van der Waals surface area contributed by atoms with E-state index in [0.29, 0.717) is 22.8 Å². The molecule has 2 aromatic heterocycles. The Balaban J connectivity index is 1.40. The average Bonchev–Trinajstić information content (AvgIpc) is 3.38. The Morgan fingerprint density at radius 3 is 2.43 bits per heavy atom. The van der Waals surface area contributed by atoms with Crippen LogP contribution in [0.3, 0.4) is 0 Å². The van der Waals surface area contributed by atoms with Gasteiger partial charge in [-0.25, -0.2) is 8.42 Å². The predicted octanol–water partition coefficient (Wildman–Crippen LogP) is 2.62. The van der Waals surface area contributed by atoms with Crippen molar-refractivity contribution in [2.75, 3.05) is 11.8 Å². The van der Waals surface area contributed by atoms with Gasteiger partial charge in [0.1, 0.15) is 5.75 Å². The van der Waals surface area contributed by atoms with Crippen LogP contribution in [0.5, 0.6) is 5.75 Å². The summed E-state index contributed by atoms with van der Waals surface area (Å²) in [4.78, 5) is 28.7. The van der Waals surface area contributed by atoms with Gasteiger partial charge in [-0.15, -0.1) is 0 Å². The third-order valence-corrected chi connectivity index (χ3v) is 6.11. The lowest BCUT2D eigenvalue weighted by Crippen LogP contribution is -2.41. The van der Waals surface area contributed by atoms with E-state index in [-0.39, 0.29) is 16.2 Å². The van der Waals surface area contributed by atoms with Crippen molar-refractivity contribution >= 4 is 27.5 Å². The fraction of sp³-hybridized carbons (Fsp3) is 0.0435. The van der Waals surface area contributed by atoms with Crippen LogP contribution in [0.4, 0.5) is 5.69 Å². The Labute approximate surface area is 200 Å². The standard InChI is InChI=1S/C23H19N5O6S/c1-33-18-9-7-17(8-10-18)28-35(31,32)19-6-2-4-15(12-19)22(29)25-26-23(30)20-13-21(34-27-20)16-5-3-11-24-14-16/h2-14,28H,1H3,(H,25,29)(H,26,30). The molecule has 0 aliphatic rings. The Bertz CT molecular complexity index is 1450. The highest BCUT2D eigenvalue weighted by Gasteiger charge is 2.18. The maximum atomic E-state index is 12.7. The molecule has 0 spiro atoms. The topological polar surface area (TPSA) is 153 Å². The molecular weight excluding hydrogens is 474 g/mol. The number of rotatable bonds is 7. The van der Waals surface area contributed by atoms with Crippen LogP contribution in [0.15, 0.2) is 88.5 Å². The number of sulfonamides is 1. The number of hydrogen-bond donors (Lipinski definition) is 3. The molecule has 2 heterocycles. The van der Waals surface area contributed by atoms with Crippen molar-refractivity contribution in [1.29, 1.82) is 0 Å². The van der Waals surface area contributed by atoms with Crippen LogP contribution >= 0.6 is 0 Å². The molecule has 0 unspecified atom stereocenters. The summed E-state index contributed by atoms with van der Waals surface area (Å²) in [7, 11) is -2.47. The van der Waals surface area contributed by atoms with E-state index in [1.165, 1.54) is 37.4 Å². The molecule has 0 fully saturated rings. The fourth-order valence-corrected chi connectivity index (χ4v) is 4.06. The second-order valence-corrected chi connectivity index (χ2v) is 8.77. The third kappa shape index (κ3) is 5.62. The number of aromatic nitrogens is 2. The molecule has 0 aliphatic heterocycles. The van der Waals surface area contributed by atoms with Crippen LogP contribution in [0.2, 0.25) is 0 Å². The Hall–Kier alpha value is -4.71. The van der Waals surface area contributed by atoms with E-state index in [1.807, 2.05) is 0 Å². The van der Waals surface area contributed by atoms with Gasteiger partial charge in [-0.3, -0.25) is 30.1 Å². The molecule has 0 radical (unpaired) electrons. The van der Waals surface area contributed by atoms with E-state index in [4.69, 9.17) is 9.26 Å². The van der Waals surface area contributed by atoms with Gasteiger partial charge in [-0.2, -0.15) is 0 Å². The van der Waals surface area contributed by atoms with E-state index in [9.17, 15) is 18.0 Å². The molecule has 4 aromatic rings. The van der Waals surface area contributed by atoms with Gasteiger partial charge >= 0.3 is 0 Å².